The quantitative estimate of drug-likeness (QED) is 0.259. The normalized spacial score (nSPS) is 11.1. The third kappa shape index (κ3) is 5.28. The monoisotopic (exact) mass is 475 g/mol. The summed E-state index contributed by atoms with van der Waals surface area (Å²) < 4.78 is 11.9. The molecule has 0 saturated carbocycles. The van der Waals surface area contributed by atoms with Crippen LogP contribution in [0.15, 0.2) is 65.5 Å². The van der Waals surface area contributed by atoms with E-state index in [1.165, 1.54) is 0 Å². The molecule has 0 aliphatic carbocycles. The highest BCUT2D eigenvalue weighted by molar-refractivity contribution is 6.30. The summed E-state index contributed by atoms with van der Waals surface area (Å²) in [4.78, 5) is 17.1. The molecule has 0 bridgehead atoms. The Bertz CT molecular complexity index is 1350. The van der Waals surface area contributed by atoms with Crippen LogP contribution in [0.5, 0.6) is 11.5 Å². The number of aromatic amines is 1. The number of nitrogens with one attached hydrogen (secondary N) is 1. The van der Waals surface area contributed by atoms with Crippen LogP contribution in [0.1, 0.15) is 36.6 Å². The number of hydrogen-bond donors (Lipinski definition) is 1. The second-order valence-corrected chi connectivity index (χ2v) is 8.97. The number of unbranched alkanes of at least 4 members (excludes halogenated alkanes) is 1. The van der Waals surface area contributed by atoms with Crippen molar-refractivity contribution in [2.75, 3.05) is 13.2 Å². The van der Waals surface area contributed by atoms with Crippen LogP contribution in [-0.4, -0.2) is 18.2 Å². The topological polar surface area (TPSA) is 51.3 Å². The zero-order chi connectivity index (χ0) is 24.1. The third-order valence-corrected chi connectivity index (χ3v) is 6.21. The molecule has 1 aromatic heterocycles. The second-order valence-electron chi connectivity index (χ2n) is 8.53. The predicted octanol–water partition coefficient (Wildman–Crippen LogP) is 7.27. The number of fused-ring (bicyclic) bond motifs is 1. The molecule has 0 amide bonds. The van der Waals surface area contributed by atoms with E-state index in [0.29, 0.717) is 29.2 Å². The van der Waals surface area contributed by atoms with E-state index >= 15 is 0 Å². The van der Waals surface area contributed by atoms with Crippen molar-refractivity contribution in [3.05, 3.63) is 92.7 Å². The van der Waals surface area contributed by atoms with Gasteiger partial charge in [-0.05, 0) is 73.7 Å². The van der Waals surface area contributed by atoms with Gasteiger partial charge in [0.05, 0.1) is 5.52 Å². The smallest absolute Gasteiger partial charge is 0.197 e. The summed E-state index contributed by atoms with van der Waals surface area (Å²) in [5, 5.41) is 1.34. The van der Waals surface area contributed by atoms with E-state index in [1.54, 1.807) is 0 Å². The van der Waals surface area contributed by atoms with Gasteiger partial charge in [-0.1, -0.05) is 49.2 Å². The zero-order valence-electron chi connectivity index (χ0n) is 19.9. The van der Waals surface area contributed by atoms with Gasteiger partial charge in [-0.2, -0.15) is 0 Å². The molecular weight excluding hydrogens is 446 g/mol. The summed E-state index contributed by atoms with van der Waals surface area (Å²) in [5.74, 6) is 1.61. The standard InChI is InChI=1S/C29H30ClNO3/c1-4-5-9-21-17-25-26(18-27(21)34-15-14-33-23-10-7-6-8-11-23)31-20(3)28(29(25)32)24-13-12-22(30)16-19(24)2/h6-8,10-13,16-18H,4-5,9,14-15H2,1-3H3,(H,31,32). The first kappa shape index (κ1) is 23.9. The number of para-hydroxylation sites is 1. The first-order chi connectivity index (χ1) is 16.5. The number of benzene rings is 3. The number of aryl methyl sites for hydroxylation is 3. The first-order valence-electron chi connectivity index (χ1n) is 11.7. The number of pyridine rings is 1. The molecule has 0 unspecified atom stereocenters. The Morgan fingerprint density at radius 2 is 1.71 bits per heavy atom. The molecule has 1 heterocycles. The molecule has 0 spiro atoms. The highest BCUT2D eigenvalue weighted by Crippen LogP contribution is 2.30. The van der Waals surface area contributed by atoms with E-state index in [2.05, 4.69) is 11.9 Å². The molecule has 0 fully saturated rings. The highest BCUT2D eigenvalue weighted by Gasteiger charge is 2.16. The summed E-state index contributed by atoms with van der Waals surface area (Å²) in [6, 6.07) is 19.3. The summed E-state index contributed by atoms with van der Waals surface area (Å²) in [7, 11) is 0. The van der Waals surface area contributed by atoms with Gasteiger partial charge in [0.1, 0.15) is 24.7 Å². The van der Waals surface area contributed by atoms with Crippen LogP contribution in [0, 0.1) is 13.8 Å². The minimum Gasteiger partial charge on any atom is -0.490 e. The Kier molecular flexibility index (Phi) is 7.59. The third-order valence-electron chi connectivity index (χ3n) is 5.98. The Balaban J connectivity index is 1.67. The van der Waals surface area contributed by atoms with Crippen LogP contribution >= 0.6 is 11.6 Å². The number of ether oxygens (including phenoxy) is 2. The molecule has 0 atom stereocenters. The Morgan fingerprint density at radius 3 is 2.44 bits per heavy atom. The predicted molar refractivity (Wildman–Crippen MR) is 141 cm³/mol. The number of H-pyrrole nitrogens is 1. The molecule has 176 valence electrons. The number of aromatic nitrogens is 1. The molecule has 4 nitrogen and oxygen atoms in total. The molecule has 0 aliphatic rings. The summed E-state index contributed by atoms with van der Waals surface area (Å²) in [6.45, 7) is 6.94. The molecule has 34 heavy (non-hydrogen) atoms. The lowest BCUT2D eigenvalue weighted by molar-refractivity contribution is 0.216. The van der Waals surface area contributed by atoms with Crippen LogP contribution in [0.2, 0.25) is 5.02 Å². The van der Waals surface area contributed by atoms with Crippen molar-refractivity contribution >= 4 is 22.5 Å². The lowest BCUT2D eigenvalue weighted by atomic mass is 9.96. The van der Waals surface area contributed by atoms with Gasteiger partial charge < -0.3 is 14.5 Å². The Hall–Kier alpha value is -3.24. The van der Waals surface area contributed by atoms with Crippen LogP contribution in [0.25, 0.3) is 22.0 Å². The largest absolute Gasteiger partial charge is 0.490 e. The lowest BCUT2D eigenvalue weighted by Gasteiger charge is -2.16. The lowest BCUT2D eigenvalue weighted by Crippen LogP contribution is -2.13. The molecule has 0 radical (unpaired) electrons. The summed E-state index contributed by atoms with van der Waals surface area (Å²) >= 11 is 6.14. The van der Waals surface area contributed by atoms with Gasteiger partial charge in [0.25, 0.3) is 0 Å². The van der Waals surface area contributed by atoms with Crippen molar-refractivity contribution < 1.29 is 9.47 Å². The average molecular weight is 476 g/mol. The van der Waals surface area contributed by atoms with E-state index in [9.17, 15) is 4.79 Å². The SMILES string of the molecule is CCCCc1cc2c(=O)c(-c3ccc(Cl)cc3C)c(C)[nH]c2cc1OCCOc1ccccc1. The van der Waals surface area contributed by atoms with Gasteiger partial charge in [-0.3, -0.25) is 4.79 Å². The van der Waals surface area contributed by atoms with Crippen molar-refractivity contribution in [1.82, 2.24) is 4.98 Å². The van der Waals surface area contributed by atoms with Crippen molar-refractivity contribution in [2.45, 2.75) is 40.0 Å². The number of rotatable bonds is 9. The molecule has 5 heteroatoms. The summed E-state index contributed by atoms with van der Waals surface area (Å²) in [5.41, 5.74) is 5.23. The maximum atomic E-state index is 13.6. The van der Waals surface area contributed by atoms with Crippen LogP contribution in [-0.2, 0) is 6.42 Å². The number of hydrogen-bond acceptors (Lipinski definition) is 3. The van der Waals surface area contributed by atoms with Gasteiger partial charge in [0.2, 0.25) is 0 Å². The molecule has 1 N–H and O–H groups in total. The number of halogens is 1. The minimum atomic E-state index is 0.0216. The van der Waals surface area contributed by atoms with Gasteiger partial charge in [0.15, 0.2) is 5.43 Å². The van der Waals surface area contributed by atoms with Crippen molar-refractivity contribution in [1.29, 1.82) is 0 Å². The van der Waals surface area contributed by atoms with Crippen LogP contribution < -0.4 is 14.9 Å². The fourth-order valence-electron chi connectivity index (χ4n) is 4.24. The molecule has 0 aliphatic heterocycles. The minimum absolute atomic E-state index is 0.0216. The average Bonchev–Trinajstić information content (AvgIpc) is 2.82. The van der Waals surface area contributed by atoms with Gasteiger partial charge in [0, 0.05) is 27.7 Å². The molecular formula is C29H30ClNO3. The van der Waals surface area contributed by atoms with Gasteiger partial charge in [-0.25, -0.2) is 0 Å². The first-order valence-corrected chi connectivity index (χ1v) is 12.1. The fraction of sp³-hybridized carbons (Fsp3) is 0.276. The highest BCUT2D eigenvalue weighted by atomic mass is 35.5. The van der Waals surface area contributed by atoms with E-state index in [1.807, 2.05) is 74.5 Å². The van der Waals surface area contributed by atoms with Crippen LogP contribution in [0.4, 0.5) is 0 Å². The second kappa shape index (κ2) is 10.8. The van der Waals surface area contributed by atoms with Crippen molar-refractivity contribution in [2.24, 2.45) is 0 Å². The molecule has 4 rings (SSSR count). The van der Waals surface area contributed by atoms with E-state index in [4.69, 9.17) is 21.1 Å². The van der Waals surface area contributed by atoms with Crippen molar-refractivity contribution in [3.8, 4) is 22.6 Å². The van der Waals surface area contributed by atoms with Gasteiger partial charge >= 0.3 is 0 Å². The van der Waals surface area contributed by atoms with Crippen molar-refractivity contribution in [3.63, 3.8) is 0 Å². The summed E-state index contributed by atoms with van der Waals surface area (Å²) in [6.07, 6.45) is 2.94. The molecule has 3 aromatic carbocycles. The fourth-order valence-corrected chi connectivity index (χ4v) is 4.47. The Labute approximate surface area is 205 Å². The van der Waals surface area contributed by atoms with E-state index in [-0.39, 0.29) is 5.43 Å². The Morgan fingerprint density at radius 1 is 0.941 bits per heavy atom. The maximum Gasteiger partial charge on any atom is 0.197 e. The molecule has 4 aromatic rings. The van der Waals surface area contributed by atoms with E-state index < -0.39 is 0 Å². The maximum absolute atomic E-state index is 13.6. The zero-order valence-corrected chi connectivity index (χ0v) is 20.7. The van der Waals surface area contributed by atoms with E-state index in [0.717, 1.165) is 58.7 Å². The van der Waals surface area contributed by atoms with Crippen LogP contribution in [0.3, 0.4) is 0 Å². The molecule has 0 saturated heterocycles. The van der Waals surface area contributed by atoms with Gasteiger partial charge in [-0.15, -0.1) is 0 Å².